The third-order valence-electron chi connectivity index (χ3n) is 4.09. The Balaban J connectivity index is 1.40. The lowest BCUT2D eigenvalue weighted by atomic mass is 10.2. The van der Waals surface area contributed by atoms with Crippen LogP contribution in [0.4, 0.5) is 6.01 Å². The number of benzene rings is 1. The highest BCUT2D eigenvalue weighted by atomic mass is 16.5. The second-order valence-electron chi connectivity index (χ2n) is 6.16. The van der Waals surface area contributed by atoms with E-state index in [0.29, 0.717) is 36.5 Å². The van der Waals surface area contributed by atoms with Gasteiger partial charge in [0.25, 0.3) is 11.8 Å². The molecule has 0 spiro atoms. The van der Waals surface area contributed by atoms with Crippen molar-refractivity contribution in [3.8, 4) is 17.2 Å². The molecule has 3 heterocycles. The zero-order valence-corrected chi connectivity index (χ0v) is 15.1. The molecule has 1 aliphatic heterocycles. The standard InChI is InChI=1S/C18H21N5O4/c1-2-9-24-13-7-4-3-6-12(13)16-21-22-18(26-16)19-11-15-20-17(27-23-15)14-8-5-10-25-14/h3-4,6-7,14H,2,5,8-11H2,1H3,(H,19,22). The Morgan fingerprint density at radius 3 is 3.04 bits per heavy atom. The average Bonchev–Trinajstić information content (AvgIpc) is 3.46. The monoisotopic (exact) mass is 371 g/mol. The van der Waals surface area contributed by atoms with Gasteiger partial charge in [-0.25, -0.2) is 0 Å². The minimum absolute atomic E-state index is 0.0964. The van der Waals surface area contributed by atoms with E-state index in [2.05, 4.69) is 32.6 Å². The molecule has 0 bridgehead atoms. The van der Waals surface area contributed by atoms with E-state index in [1.54, 1.807) is 0 Å². The molecule has 0 radical (unpaired) electrons. The fourth-order valence-corrected chi connectivity index (χ4v) is 2.78. The minimum atomic E-state index is -0.0964. The van der Waals surface area contributed by atoms with Crippen molar-refractivity contribution < 1.29 is 18.4 Å². The number of aromatic nitrogens is 4. The zero-order chi connectivity index (χ0) is 18.5. The van der Waals surface area contributed by atoms with Gasteiger partial charge in [-0.1, -0.05) is 29.3 Å². The van der Waals surface area contributed by atoms with Crippen molar-refractivity contribution >= 4 is 6.01 Å². The number of anilines is 1. The molecule has 1 aliphatic rings. The SMILES string of the molecule is CCCOc1ccccc1-c1nnc(NCc2noc(C3CCCO3)n2)o1. The molecule has 0 saturated carbocycles. The molecule has 2 aromatic heterocycles. The Hall–Kier alpha value is -2.94. The number of nitrogens with zero attached hydrogens (tertiary/aromatic N) is 4. The van der Waals surface area contributed by atoms with Crippen molar-refractivity contribution in [1.82, 2.24) is 20.3 Å². The molecule has 1 unspecified atom stereocenters. The average molecular weight is 371 g/mol. The van der Waals surface area contributed by atoms with Crippen LogP contribution in [-0.2, 0) is 11.3 Å². The van der Waals surface area contributed by atoms with E-state index in [0.717, 1.165) is 31.4 Å². The fraction of sp³-hybridized carbons (Fsp3) is 0.444. The van der Waals surface area contributed by atoms with E-state index in [-0.39, 0.29) is 12.1 Å². The van der Waals surface area contributed by atoms with Gasteiger partial charge in [0.15, 0.2) is 5.82 Å². The highest BCUT2D eigenvalue weighted by Gasteiger charge is 2.24. The first kappa shape index (κ1) is 17.5. The number of rotatable bonds is 8. The van der Waals surface area contributed by atoms with Gasteiger partial charge in [-0.2, -0.15) is 4.98 Å². The lowest BCUT2D eigenvalue weighted by Crippen LogP contribution is -2.02. The van der Waals surface area contributed by atoms with Crippen molar-refractivity contribution in [3.05, 3.63) is 36.0 Å². The Kier molecular flexibility index (Phi) is 5.29. The first-order valence-electron chi connectivity index (χ1n) is 9.07. The molecule has 142 valence electrons. The normalized spacial score (nSPS) is 16.6. The lowest BCUT2D eigenvalue weighted by Gasteiger charge is -2.07. The Bertz CT molecular complexity index is 872. The minimum Gasteiger partial charge on any atom is -0.493 e. The van der Waals surface area contributed by atoms with Gasteiger partial charge in [-0.3, -0.25) is 0 Å². The van der Waals surface area contributed by atoms with Gasteiger partial charge in [0.2, 0.25) is 0 Å². The van der Waals surface area contributed by atoms with E-state index in [9.17, 15) is 0 Å². The topological polar surface area (TPSA) is 108 Å². The maximum Gasteiger partial charge on any atom is 0.316 e. The second-order valence-corrected chi connectivity index (χ2v) is 6.16. The molecule has 27 heavy (non-hydrogen) atoms. The maximum atomic E-state index is 5.74. The quantitative estimate of drug-likeness (QED) is 0.637. The third-order valence-corrected chi connectivity index (χ3v) is 4.09. The summed E-state index contributed by atoms with van der Waals surface area (Å²) in [5.41, 5.74) is 0.756. The van der Waals surface area contributed by atoms with Gasteiger partial charge in [-0.05, 0) is 31.4 Å². The number of nitrogens with one attached hydrogen (secondary N) is 1. The summed E-state index contributed by atoms with van der Waals surface area (Å²) in [6.07, 6.45) is 2.74. The molecular formula is C18H21N5O4. The summed E-state index contributed by atoms with van der Waals surface area (Å²) in [4.78, 5) is 4.35. The van der Waals surface area contributed by atoms with Crippen LogP contribution in [0.1, 0.15) is 44.0 Å². The Labute approximate surface area is 156 Å². The molecule has 1 N–H and O–H groups in total. The van der Waals surface area contributed by atoms with Crippen LogP contribution in [0.2, 0.25) is 0 Å². The number of hydrogen-bond donors (Lipinski definition) is 1. The molecule has 1 saturated heterocycles. The van der Waals surface area contributed by atoms with Crippen molar-refractivity contribution in [2.45, 2.75) is 38.8 Å². The number of para-hydroxylation sites is 1. The lowest BCUT2D eigenvalue weighted by molar-refractivity contribution is 0.0835. The molecular weight excluding hydrogens is 350 g/mol. The summed E-state index contributed by atoms with van der Waals surface area (Å²) in [7, 11) is 0. The summed E-state index contributed by atoms with van der Waals surface area (Å²) in [5, 5.41) is 15.1. The third kappa shape index (κ3) is 4.08. The Morgan fingerprint density at radius 2 is 2.19 bits per heavy atom. The molecule has 1 fully saturated rings. The number of hydrogen-bond acceptors (Lipinski definition) is 9. The van der Waals surface area contributed by atoms with Gasteiger partial charge in [0.05, 0.1) is 18.7 Å². The predicted octanol–water partition coefficient (Wildman–Crippen LogP) is 3.37. The molecule has 4 rings (SSSR count). The van der Waals surface area contributed by atoms with Gasteiger partial charge < -0.3 is 23.7 Å². The summed E-state index contributed by atoms with van der Waals surface area (Å²) in [6.45, 7) is 3.72. The zero-order valence-electron chi connectivity index (χ0n) is 15.1. The number of ether oxygens (including phenoxy) is 2. The van der Waals surface area contributed by atoms with Crippen LogP contribution in [0.15, 0.2) is 33.2 Å². The van der Waals surface area contributed by atoms with E-state index in [1.165, 1.54) is 0 Å². The van der Waals surface area contributed by atoms with Crippen LogP contribution in [0.25, 0.3) is 11.5 Å². The van der Waals surface area contributed by atoms with Crippen molar-refractivity contribution in [2.24, 2.45) is 0 Å². The smallest absolute Gasteiger partial charge is 0.316 e. The molecule has 0 amide bonds. The second kappa shape index (κ2) is 8.17. The largest absolute Gasteiger partial charge is 0.493 e. The van der Waals surface area contributed by atoms with E-state index in [1.807, 2.05) is 24.3 Å². The summed E-state index contributed by atoms with van der Waals surface area (Å²) in [6, 6.07) is 7.85. The summed E-state index contributed by atoms with van der Waals surface area (Å²) < 4.78 is 22.2. The molecule has 3 aromatic rings. The molecule has 0 aliphatic carbocycles. The van der Waals surface area contributed by atoms with E-state index < -0.39 is 0 Å². The van der Waals surface area contributed by atoms with Crippen LogP contribution >= 0.6 is 0 Å². The van der Waals surface area contributed by atoms with Crippen molar-refractivity contribution in [3.63, 3.8) is 0 Å². The van der Waals surface area contributed by atoms with Crippen LogP contribution in [0, 0.1) is 0 Å². The first-order chi connectivity index (χ1) is 13.3. The van der Waals surface area contributed by atoms with Crippen LogP contribution in [0.3, 0.4) is 0 Å². The van der Waals surface area contributed by atoms with Gasteiger partial charge in [0, 0.05) is 6.61 Å². The van der Waals surface area contributed by atoms with E-state index >= 15 is 0 Å². The molecule has 9 nitrogen and oxygen atoms in total. The highest BCUT2D eigenvalue weighted by molar-refractivity contribution is 5.62. The van der Waals surface area contributed by atoms with Crippen molar-refractivity contribution in [2.75, 3.05) is 18.5 Å². The molecule has 1 aromatic carbocycles. The van der Waals surface area contributed by atoms with Crippen LogP contribution in [0.5, 0.6) is 5.75 Å². The predicted molar refractivity (Wildman–Crippen MR) is 95.1 cm³/mol. The first-order valence-corrected chi connectivity index (χ1v) is 9.07. The van der Waals surface area contributed by atoms with Gasteiger partial charge in [-0.15, -0.1) is 5.10 Å². The van der Waals surface area contributed by atoms with E-state index in [4.69, 9.17) is 18.4 Å². The molecule has 9 heteroatoms. The Morgan fingerprint density at radius 1 is 1.26 bits per heavy atom. The highest BCUT2D eigenvalue weighted by Crippen LogP contribution is 2.30. The summed E-state index contributed by atoms with van der Waals surface area (Å²) >= 11 is 0. The molecule has 1 atom stereocenters. The van der Waals surface area contributed by atoms with Crippen LogP contribution in [-0.4, -0.2) is 33.6 Å². The van der Waals surface area contributed by atoms with Gasteiger partial charge in [0.1, 0.15) is 11.9 Å². The van der Waals surface area contributed by atoms with Crippen molar-refractivity contribution in [1.29, 1.82) is 0 Å². The fourth-order valence-electron chi connectivity index (χ4n) is 2.78. The maximum absolute atomic E-state index is 5.74. The van der Waals surface area contributed by atoms with Gasteiger partial charge >= 0.3 is 6.01 Å². The van der Waals surface area contributed by atoms with Crippen LogP contribution < -0.4 is 10.1 Å². The summed E-state index contributed by atoms with van der Waals surface area (Å²) in [5.74, 6) is 2.12.